The zero-order valence-corrected chi connectivity index (χ0v) is 12.3. The van der Waals surface area contributed by atoms with Gasteiger partial charge in [-0.15, -0.1) is 0 Å². The average molecular weight is 284 g/mol. The quantitative estimate of drug-likeness (QED) is 0.613. The van der Waals surface area contributed by atoms with Crippen molar-refractivity contribution < 1.29 is 13.7 Å². The lowest BCUT2D eigenvalue weighted by molar-refractivity contribution is 0.0527. The molecule has 5 nitrogen and oxygen atoms in total. The first-order valence-electron chi connectivity index (χ1n) is 6.09. The number of nitrogens with one attached hydrogen (secondary N) is 1. The van der Waals surface area contributed by atoms with Crippen molar-refractivity contribution in [1.29, 1.82) is 0 Å². The monoisotopic (exact) mass is 284 g/mol. The summed E-state index contributed by atoms with van der Waals surface area (Å²) in [5.41, 5.74) is 7.29. The molecule has 0 spiro atoms. The molecule has 0 aliphatic rings. The van der Waals surface area contributed by atoms with Crippen LogP contribution in [0, 0.1) is 0 Å². The number of para-hydroxylation sites is 1. The minimum atomic E-state index is -0.903. The Morgan fingerprint density at radius 3 is 2.79 bits per heavy atom. The van der Waals surface area contributed by atoms with Crippen LogP contribution >= 0.6 is 0 Å². The minimum Gasteiger partial charge on any atom is -0.462 e. The fourth-order valence-corrected chi connectivity index (χ4v) is 1.80. The molecule has 19 heavy (non-hydrogen) atoms. The van der Waals surface area contributed by atoms with E-state index in [0.717, 1.165) is 0 Å². The van der Waals surface area contributed by atoms with Gasteiger partial charge in [-0.2, -0.15) is 0 Å². The fraction of sp³-hybridized carbons (Fsp3) is 0.462. The molecule has 0 bridgehead atoms. The number of benzene rings is 1. The highest BCUT2D eigenvalue weighted by Gasteiger charge is 2.14. The molecule has 0 aliphatic heterocycles. The largest absolute Gasteiger partial charge is 0.462 e. The molecule has 0 saturated carbocycles. The number of carbonyl (C=O) groups excluding carboxylic acids is 1. The van der Waals surface area contributed by atoms with Gasteiger partial charge in [-0.05, 0) is 26.0 Å². The fourth-order valence-electron chi connectivity index (χ4n) is 1.48. The second kappa shape index (κ2) is 7.13. The second-order valence-corrected chi connectivity index (χ2v) is 5.98. The summed E-state index contributed by atoms with van der Waals surface area (Å²) in [5, 5.41) is 3.11. The summed E-state index contributed by atoms with van der Waals surface area (Å²) >= 11 is 0. The molecule has 0 amide bonds. The van der Waals surface area contributed by atoms with Crippen LogP contribution in [0.4, 0.5) is 11.4 Å². The van der Waals surface area contributed by atoms with Crippen LogP contribution < -0.4 is 11.1 Å². The van der Waals surface area contributed by atoms with E-state index < -0.39 is 16.8 Å². The Kier molecular flexibility index (Phi) is 5.82. The number of nitrogen functional groups attached to an aromatic ring is 1. The predicted molar refractivity (Wildman–Crippen MR) is 78.8 cm³/mol. The van der Waals surface area contributed by atoms with E-state index in [9.17, 15) is 9.00 Å². The van der Waals surface area contributed by atoms with Gasteiger partial charge in [-0.3, -0.25) is 4.21 Å². The topological polar surface area (TPSA) is 81.4 Å². The van der Waals surface area contributed by atoms with E-state index in [1.807, 2.05) is 6.92 Å². The number of carbonyl (C=O) groups is 1. The average Bonchev–Trinajstić information content (AvgIpc) is 2.37. The van der Waals surface area contributed by atoms with Gasteiger partial charge in [0.25, 0.3) is 0 Å². The minimum absolute atomic E-state index is 0.00523. The van der Waals surface area contributed by atoms with E-state index in [1.54, 1.807) is 31.4 Å². The van der Waals surface area contributed by atoms with Crippen LogP contribution in [0.1, 0.15) is 24.2 Å². The Morgan fingerprint density at radius 2 is 2.21 bits per heavy atom. The molecule has 6 heteroatoms. The summed E-state index contributed by atoms with van der Waals surface area (Å²) in [6.07, 6.45) is 1.66. The lowest BCUT2D eigenvalue weighted by Crippen LogP contribution is -2.21. The number of nitrogens with two attached hydrogens (primary N) is 1. The molecule has 0 heterocycles. The molecule has 106 valence electrons. The van der Waals surface area contributed by atoms with Crippen molar-refractivity contribution in [2.75, 3.05) is 30.5 Å². The van der Waals surface area contributed by atoms with E-state index in [1.165, 1.54) is 0 Å². The predicted octanol–water partition coefficient (Wildman–Crippen LogP) is 1.62. The number of hydrogen-bond donors (Lipinski definition) is 2. The maximum atomic E-state index is 11.7. The van der Waals surface area contributed by atoms with Gasteiger partial charge in [-0.1, -0.05) is 6.07 Å². The Balaban J connectivity index is 2.83. The Hall–Kier alpha value is -1.56. The highest BCUT2D eigenvalue weighted by molar-refractivity contribution is 7.84. The highest BCUT2D eigenvalue weighted by atomic mass is 32.2. The number of ether oxygens (including phenoxy) is 1. The van der Waals surface area contributed by atoms with E-state index in [-0.39, 0.29) is 5.25 Å². The van der Waals surface area contributed by atoms with E-state index >= 15 is 0 Å². The summed E-state index contributed by atoms with van der Waals surface area (Å²) < 4.78 is 16.2. The van der Waals surface area contributed by atoms with Crippen LogP contribution in [0.25, 0.3) is 0 Å². The third-order valence-corrected chi connectivity index (χ3v) is 4.05. The van der Waals surface area contributed by atoms with Gasteiger partial charge in [0.2, 0.25) is 0 Å². The first-order valence-corrected chi connectivity index (χ1v) is 7.71. The van der Waals surface area contributed by atoms with Crippen molar-refractivity contribution in [3.63, 3.8) is 0 Å². The molecule has 0 radical (unpaired) electrons. The molecule has 2 unspecified atom stereocenters. The first kappa shape index (κ1) is 15.5. The van der Waals surface area contributed by atoms with Crippen LogP contribution in [-0.2, 0) is 15.5 Å². The third kappa shape index (κ3) is 4.24. The molecule has 0 saturated heterocycles. The van der Waals surface area contributed by atoms with Crippen molar-refractivity contribution in [2.45, 2.75) is 19.1 Å². The Bertz CT molecular complexity index is 477. The molecule has 0 aromatic heterocycles. The Morgan fingerprint density at radius 1 is 1.53 bits per heavy atom. The number of esters is 1. The summed E-state index contributed by atoms with van der Waals surface area (Å²) in [6, 6.07) is 5.14. The molecule has 0 fully saturated rings. The zero-order valence-electron chi connectivity index (χ0n) is 11.4. The SMILES string of the molecule is CCOC(=O)c1cccc(NCC(C)S(C)=O)c1N. The molecular weight excluding hydrogens is 264 g/mol. The van der Waals surface area contributed by atoms with Gasteiger partial charge < -0.3 is 15.8 Å². The van der Waals surface area contributed by atoms with E-state index in [4.69, 9.17) is 10.5 Å². The lowest BCUT2D eigenvalue weighted by Gasteiger charge is -2.14. The summed E-state index contributed by atoms with van der Waals surface area (Å²) in [7, 11) is -0.903. The first-order chi connectivity index (χ1) is 8.97. The Labute approximate surface area is 116 Å². The van der Waals surface area contributed by atoms with Crippen LogP contribution in [-0.4, -0.2) is 34.8 Å². The van der Waals surface area contributed by atoms with Gasteiger partial charge in [-0.25, -0.2) is 4.79 Å². The van der Waals surface area contributed by atoms with Crippen LogP contribution in [0.5, 0.6) is 0 Å². The molecule has 1 aromatic carbocycles. The van der Waals surface area contributed by atoms with E-state index in [0.29, 0.717) is 30.1 Å². The highest BCUT2D eigenvalue weighted by Crippen LogP contribution is 2.23. The van der Waals surface area contributed by atoms with Gasteiger partial charge in [0.15, 0.2) is 0 Å². The van der Waals surface area contributed by atoms with Crippen molar-refractivity contribution >= 4 is 28.1 Å². The molecule has 2 atom stereocenters. The summed E-state index contributed by atoms with van der Waals surface area (Å²) in [6.45, 7) is 4.46. The van der Waals surface area contributed by atoms with Crippen LogP contribution in [0.15, 0.2) is 18.2 Å². The molecule has 0 aliphatic carbocycles. The molecule has 1 aromatic rings. The van der Waals surface area contributed by atoms with Gasteiger partial charge in [0.1, 0.15) is 0 Å². The smallest absolute Gasteiger partial charge is 0.340 e. The maximum absolute atomic E-state index is 11.7. The third-order valence-electron chi connectivity index (χ3n) is 2.75. The summed E-state index contributed by atoms with van der Waals surface area (Å²) in [4.78, 5) is 11.7. The van der Waals surface area contributed by atoms with Crippen LogP contribution in [0.2, 0.25) is 0 Å². The number of anilines is 2. The number of hydrogen-bond acceptors (Lipinski definition) is 5. The van der Waals surface area contributed by atoms with Crippen LogP contribution in [0.3, 0.4) is 0 Å². The second-order valence-electron chi connectivity index (χ2n) is 4.18. The standard InChI is InChI=1S/C13H20N2O3S/c1-4-18-13(16)10-6-5-7-11(12(10)14)15-8-9(2)19(3)17/h5-7,9,15H,4,8,14H2,1-3H3. The maximum Gasteiger partial charge on any atom is 0.340 e. The van der Waals surface area contributed by atoms with Crippen molar-refractivity contribution in [3.8, 4) is 0 Å². The van der Waals surface area contributed by atoms with Gasteiger partial charge >= 0.3 is 5.97 Å². The molecular formula is C13H20N2O3S. The molecule has 3 N–H and O–H groups in total. The van der Waals surface area contributed by atoms with E-state index in [2.05, 4.69) is 5.32 Å². The summed E-state index contributed by atoms with van der Waals surface area (Å²) in [5.74, 6) is -0.434. The van der Waals surface area contributed by atoms with Crippen molar-refractivity contribution in [1.82, 2.24) is 0 Å². The van der Waals surface area contributed by atoms with Crippen molar-refractivity contribution in [2.24, 2.45) is 0 Å². The van der Waals surface area contributed by atoms with Crippen molar-refractivity contribution in [3.05, 3.63) is 23.8 Å². The molecule has 1 rings (SSSR count). The normalized spacial score (nSPS) is 13.6. The number of rotatable bonds is 6. The zero-order chi connectivity index (χ0) is 14.4. The lowest BCUT2D eigenvalue weighted by atomic mass is 10.1. The van der Waals surface area contributed by atoms with Gasteiger partial charge in [0.05, 0.1) is 23.5 Å². The van der Waals surface area contributed by atoms with Gasteiger partial charge in [0, 0.05) is 28.9 Å².